The lowest BCUT2D eigenvalue weighted by Gasteiger charge is -2.26. The maximum absolute atomic E-state index is 13.0. The Kier molecular flexibility index (Phi) is 4.57. The first kappa shape index (κ1) is 13.6. The molecule has 0 aromatic heterocycles. The molecule has 0 saturated carbocycles. The molecule has 0 fully saturated rings. The van der Waals surface area contributed by atoms with Gasteiger partial charge in [-0.1, -0.05) is 18.3 Å². The fourth-order valence-corrected chi connectivity index (χ4v) is 1.58. The minimum atomic E-state index is -0.435. The van der Waals surface area contributed by atoms with Crippen molar-refractivity contribution >= 4 is 23.1 Å². The second kappa shape index (κ2) is 5.72. The zero-order valence-electron chi connectivity index (χ0n) is 9.81. The van der Waals surface area contributed by atoms with Gasteiger partial charge in [0.2, 0.25) is 0 Å². The molecule has 0 unspecified atom stereocenters. The van der Waals surface area contributed by atoms with E-state index in [0.717, 1.165) is 0 Å². The van der Waals surface area contributed by atoms with Gasteiger partial charge in [-0.2, -0.15) is 0 Å². The molecule has 1 amide bonds. The van der Waals surface area contributed by atoms with Gasteiger partial charge in [-0.3, -0.25) is 4.79 Å². The Morgan fingerprint density at radius 3 is 2.65 bits per heavy atom. The van der Waals surface area contributed by atoms with Crippen molar-refractivity contribution < 1.29 is 9.18 Å². The summed E-state index contributed by atoms with van der Waals surface area (Å²) in [5, 5.41) is 0. The Morgan fingerprint density at radius 2 is 2.18 bits per heavy atom. The second-order valence-electron chi connectivity index (χ2n) is 4.00. The molecule has 3 nitrogen and oxygen atoms in total. The molecule has 17 heavy (non-hydrogen) atoms. The summed E-state index contributed by atoms with van der Waals surface area (Å²) in [5.74, 6) is -0.706. The van der Waals surface area contributed by atoms with E-state index in [2.05, 4.69) is 0 Å². The third-order valence-corrected chi connectivity index (χ3v) is 2.41. The van der Waals surface area contributed by atoms with E-state index in [1.54, 1.807) is 6.07 Å². The van der Waals surface area contributed by atoms with Crippen LogP contribution >= 0.6 is 12.2 Å². The molecule has 0 aliphatic heterocycles. The number of rotatable bonds is 4. The molecule has 5 heteroatoms. The van der Waals surface area contributed by atoms with E-state index in [1.165, 1.54) is 23.1 Å². The van der Waals surface area contributed by atoms with Gasteiger partial charge in [-0.15, -0.1) is 0 Å². The highest BCUT2D eigenvalue weighted by atomic mass is 32.1. The zero-order valence-corrected chi connectivity index (χ0v) is 10.6. The van der Waals surface area contributed by atoms with Gasteiger partial charge in [0.15, 0.2) is 0 Å². The normalized spacial score (nSPS) is 10.4. The zero-order chi connectivity index (χ0) is 13.0. The highest BCUT2D eigenvalue weighted by Crippen LogP contribution is 2.10. The predicted octanol–water partition coefficient (Wildman–Crippen LogP) is 1.96. The standard InChI is InChI=1S/C12H15FN2OS/c1-8(2)15(7-11(14)17)12(16)9-4-3-5-10(13)6-9/h3-6,8H,7H2,1-2H3,(H2,14,17). The lowest BCUT2D eigenvalue weighted by molar-refractivity contribution is 0.0735. The number of halogens is 1. The molecule has 0 aliphatic carbocycles. The van der Waals surface area contributed by atoms with Crippen molar-refractivity contribution in [2.45, 2.75) is 19.9 Å². The largest absolute Gasteiger partial charge is 0.392 e. The van der Waals surface area contributed by atoms with Crippen LogP contribution in [-0.2, 0) is 0 Å². The molecule has 0 heterocycles. The summed E-state index contributed by atoms with van der Waals surface area (Å²) in [5.41, 5.74) is 5.74. The van der Waals surface area contributed by atoms with Crippen LogP contribution in [0.25, 0.3) is 0 Å². The molecule has 0 spiro atoms. The Bertz CT molecular complexity index is 434. The topological polar surface area (TPSA) is 46.3 Å². The molecular weight excluding hydrogens is 239 g/mol. The number of thiocarbonyl (C=S) groups is 1. The Balaban J connectivity index is 2.95. The SMILES string of the molecule is CC(C)N(CC(N)=S)C(=O)c1cccc(F)c1. The molecule has 1 aromatic carbocycles. The maximum atomic E-state index is 13.0. The van der Waals surface area contributed by atoms with Crippen molar-refractivity contribution in [2.75, 3.05) is 6.54 Å². The van der Waals surface area contributed by atoms with Crippen LogP contribution in [0, 0.1) is 5.82 Å². The number of amides is 1. The van der Waals surface area contributed by atoms with Crippen LogP contribution in [0.1, 0.15) is 24.2 Å². The summed E-state index contributed by atoms with van der Waals surface area (Å²) in [6.07, 6.45) is 0. The summed E-state index contributed by atoms with van der Waals surface area (Å²) in [4.78, 5) is 13.9. The van der Waals surface area contributed by atoms with Gasteiger partial charge in [-0.25, -0.2) is 4.39 Å². The number of nitrogens with zero attached hydrogens (tertiary/aromatic N) is 1. The number of carbonyl (C=O) groups excluding carboxylic acids is 1. The molecule has 0 aliphatic rings. The van der Waals surface area contributed by atoms with Gasteiger partial charge < -0.3 is 10.6 Å². The molecule has 2 N–H and O–H groups in total. The van der Waals surface area contributed by atoms with E-state index >= 15 is 0 Å². The smallest absolute Gasteiger partial charge is 0.254 e. The average Bonchev–Trinajstić information content (AvgIpc) is 2.24. The number of nitrogens with two attached hydrogens (primary N) is 1. The highest BCUT2D eigenvalue weighted by Gasteiger charge is 2.19. The van der Waals surface area contributed by atoms with Gasteiger partial charge in [0, 0.05) is 11.6 Å². The van der Waals surface area contributed by atoms with Crippen molar-refractivity contribution in [3.05, 3.63) is 35.6 Å². The number of benzene rings is 1. The third-order valence-electron chi connectivity index (χ3n) is 2.28. The first-order chi connectivity index (χ1) is 7.91. The molecular formula is C12H15FN2OS. The van der Waals surface area contributed by atoms with Gasteiger partial charge in [0.25, 0.3) is 5.91 Å². The molecule has 0 saturated heterocycles. The second-order valence-corrected chi connectivity index (χ2v) is 4.53. The van der Waals surface area contributed by atoms with Crippen LogP contribution in [0.15, 0.2) is 24.3 Å². The van der Waals surface area contributed by atoms with E-state index in [1.807, 2.05) is 13.8 Å². The minimum Gasteiger partial charge on any atom is -0.392 e. The number of hydrogen-bond acceptors (Lipinski definition) is 2. The maximum Gasteiger partial charge on any atom is 0.254 e. The van der Waals surface area contributed by atoms with Crippen molar-refractivity contribution in [3.8, 4) is 0 Å². The van der Waals surface area contributed by atoms with Crippen LogP contribution in [-0.4, -0.2) is 28.4 Å². The van der Waals surface area contributed by atoms with Crippen molar-refractivity contribution in [2.24, 2.45) is 5.73 Å². The van der Waals surface area contributed by atoms with E-state index in [-0.39, 0.29) is 23.5 Å². The van der Waals surface area contributed by atoms with E-state index in [9.17, 15) is 9.18 Å². The van der Waals surface area contributed by atoms with Crippen molar-refractivity contribution in [1.82, 2.24) is 4.90 Å². The average molecular weight is 254 g/mol. The number of carbonyl (C=O) groups is 1. The summed E-state index contributed by atoms with van der Waals surface area (Å²) in [6, 6.07) is 5.52. The van der Waals surface area contributed by atoms with Gasteiger partial charge >= 0.3 is 0 Å². The molecule has 92 valence electrons. The van der Waals surface area contributed by atoms with Crippen LogP contribution < -0.4 is 5.73 Å². The van der Waals surface area contributed by atoms with E-state index < -0.39 is 5.82 Å². The fourth-order valence-electron chi connectivity index (χ4n) is 1.44. The molecule has 0 radical (unpaired) electrons. The first-order valence-electron chi connectivity index (χ1n) is 5.26. The molecule has 0 atom stereocenters. The Labute approximate surface area is 105 Å². The Hall–Kier alpha value is -1.49. The van der Waals surface area contributed by atoms with E-state index in [4.69, 9.17) is 18.0 Å². The number of hydrogen-bond donors (Lipinski definition) is 1. The van der Waals surface area contributed by atoms with Gasteiger partial charge in [0.05, 0.1) is 11.5 Å². The molecule has 1 aromatic rings. The molecule has 0 bridgehead atoms. The van der Waals surface area contributed by atoms with Crippen LogP contribution in [0.5, 0.6) is 0 Å². The van der Waals surface area contributed by atoms with Crippen LogP contribution in [0.2, 0.25) is 0 Å². The third kappa shape index (κ3) is 3.78. The van der Waals surface area contributed by atoms with Gasteiger partial charge in [0.1, 0.15) is 5.82 Å². The lowest BCUT2D eigenvalue weighted by atomic mass is 10.1. The highest BCUT2D eigenvalue weighted by molar-refractivity contribution is 7.80. The fraction of sp³-hybridized carbons (Fsp3) is 0.333. The Morgan fingerprint density at radius 1 is 1.53 bits per heavy atom. The monoisotopic (exact) mass is 254 g/mol. The summed E-state index contributed by atoms with van der Waals surface area (Å²) < 4.78 is 13.0. The first-order valence-corrected chi connectivity index (χ1v) is 5.67. The quantitative estimate of drug-likeness (QED) is 0.836. The van der Waals surface area contributed by atoms with Crippen molar-refractivity contribution in [1.29, 1.82) is 0 Å². The minimum absolute atomic E-state index is 0.0488. The summed E-state index contributed by atoms with van der Waals surface area (Å²) in [6.45, 7) is 3.91. The molecule has 1 rings (SSSR count). The summed E-state index contributed by atoms with van der Waals surface area (Å²) in [7, 11) is 0. The van der Waals surface area contributed by atoms with Crippen LogP contribution in [0.4, 0.5) is 4.39 Å². The summed E-state index contributed by atoms with van der Waals surface area (Å²) >= 11 is 4.80. The predicted molar refractivity (Wildman–Crippen MR) is 69.4 cm³/mol. The lowest BCUT2D eigenvalue weighted by Crippen LogP contribution is -2.42. The van der Waals surface area contributed by atoms with Gasteiger partial charge in [-0.05, 0) is 32.0 Å². The van der Waals surface area contributed by atoms with E-state index in [0.29, 0.717) is 5.56 Å². The van der Waals surface area contributed by atoms with Crippen molar-refractivity contribution in [3.63, 3.8) is 0 Å². The van der Waals surface area contributed by atoms with Crippen LogP contribution in [0.3, 0.4) is 0 Å².